The molecule has 1 aliphatic heterocycles. The molecule has 1 amide bonds. The number of rotatable bonds is 6. The molecule has 2 aromatic carbocycles. The van der Waals surface area contributed by atoms with Crippen molar-refractivity contribution in [3.05, 3.63) is 92.9 Å². The Bertz CT molecular complexity index is 1200. The molecule has 4 rings (SSSR count). The third-order valence-corrected chi connectivity index (χ3v) is 6.86. The topological polar surface area (TPSA) is 63.1 Å². The molecule has 6 heteroatoms. The van der Waals surface area contributed by atoms with Gasteiger partial charge in [-0.1, -0.05) is 48.0 Å². The predicted octanol–water partition coefficient (Wildman–Crippen LogP) is 4.25. The second kappa shape index (κ2) is 10.4. The lowest BCUT2D eigenvalue weighted by atomic mass is 9.77. The van der Waals surface area contributed by atoms with Gasteiger partial charge in [-0.05, 0) is 65.3 Å². The normalized spacial score (nSPS) is 18.2. The maximum atomic E-state index is 12.2. The fourth-order valence-corrected chi connectivity index (χ4v) is 5.09. The monoisotopic (exact) mass is 463 g/mol. The van der Waals surface area contributed by atoms with E-state index < -0.39 is 0 Å². The fourth-order valence-electron chi connectivity index (χ4n) is 4.77. The molecule has 2 N–H and O–H groups in total. The van der Waals surface area contributed by atoms with Gasteiger partial charge in [0.2, 0.25) is 5.91 Å². The number of nitrogens with one attached hydrogen (secondary N) is 2. The minimum Gasteiger partial charge on any atom is -0.356 e. The van der Waals surface area contributed by atoms with E-state index in [4.69, 9.17) is 11.6 Å². The summed E-state index contributed by atoms with van der Waals surface area (Å²) in [6.07, 6.45) is 3.56. The highest BCUT2D eigenvalue weighted by Gasteiger charge is 2.29. The van der Waals surface area contributed by atoms with Crippen molar-refractivity contribution in [2.45, 2.75) is 31.6 Å². The summed E-state index contributed by atoms with van der Waals surface area (Å²) < 4.78 is 1.60. The first-order chi connectivity index (χ1) is 15.9. The van der Waals surface area contributed by atoms with Crippen molar-refractivity contribution >= 4 is 17.5 Å². The van der Waals surface area contributed by atoms with Crippen molar-refractivity contribution in [3.63, 3.8) is 0 Å². The number of hydrogen-bond donors (Lipinski definition) is 2. The summed E-state index contributed by atoms with van der Waals surface area (Å²) in [5, 5.41) is 7.11. The van der Waals surface area contributed by atoms with Crippen LogP contribution in [0.1, 0.15) is 41.9 Å². The lowest BCUT2D eigenvalue weighted by Gasteiger charge is -2.33. The molecule has 1 fully saturated rings. The average molecular weight is 464 g/mol. The molecule has 1 aliphatic rings. The zero-order valence-electron chi connectivity index (χ0n) is 19.1. The van der Waals surface area contributed by atoms with Gasteiger partial charge in [-0.2, -0.15) is 0 Å². The van der Waals surface area contributed by atoms with Crippen LogP contribution in [0.25, 0.3) is 11.1 Å². The van der Waals surface area contributed by atoms with E-state index in [2.05, 4.69) is 41.0 Å². The van der Waals surface area contributed by atoms with Gasteiger partial charge in [-0.3, -0.25) is 9.59 Å². The predicted molar refractivity (Wildman–Crippen MR) is 134 cm³/mol. The van der Waals surface area contributed by atoms with Gasteiger partial charge in [0.05, 0.1) is 0 Å². The van der Waals surface area contributed by atoms with E-state index in [-0.39, 0.29) is 23.3 Å². The van der Waals surface area contributed by atoms with Gasteiger partial charge < -0.3 is 15.2 Å². The van der Waals surface area contributed by atoms with Gasteiger partial charge in [0.1, 0.15) is 0 Å². The average Bonchev–Trinajstić information content (AvgIpc) is 2.81. The Balaban J connectivity index is 1.63. The molecule has 0 spiro atoms. The molecule has 0 saturated carbocycles. The summed E-state index contributed by atoms with van der Waals surface area (Å²) in [6, 6.07) is 18.4. The highest BCUT2D eigenvalue weighted by molar-refractivity contribution is 6.31. The number of carbonyl (C=O) groups excluding carboxylic acids is 1. The number of carbonyl (C=O) groups is 1. The van der Waals surface area contributed by atoms with E-state index in [1.165, 1.54) is 12.5 Å². The largest absolute Gasteiger partial charge is 0.356 e. The molecule has 2 atom stereocenters. The minimum absolute atomic E-state index is 0.0158. The van der Waals surface area contributed by atoms with Crippen LogP contribution in [0.5, 0.6) is 0 Å². The number of nitrogens with zero attached hydrogens (tertiary/aromatic N) is 1. The van der Waals surface area contributed by atoms with Crippen LogP contribution in [-0.4, -0.2) is 30.1 Å². The number of pyridine rings is 1. The first kappa shape index (κ1) is 23.3. The molecule has 2 heterocycles. The highest BCUT2D eigenvalue weighted by Crippen LogP contribution is 2.41. The molecule has 0 aliphatic carbocycles. The Morgan fingerprint density at radius 3 is 2.73 bits per heavy atom. The first-order valence-corrected chi connectivity index (χ1v) is 11.8. The number of piperidine rings is 1. The molecular weight excluding hydrogens is 434 g/mol. The maximum Gasteiger partial charge on any atom is 0.250 e. The summed E-state index contributed by atoms with van der Waals surface area (Å²) in [7, 11) is 1.77. The summed E-state index contributed by atoms with van der Waals surface area (Å²) in [6.45, 7) is 3.88. The Morgan fingerprint density at radius 2 is 1.97 bits per heavy atom. The number of benzene rings is 2. The maximum absolute atomic E-state index is 12.2. The van der Waals surface area contributed by atoms with Gasteiger partial charge in [0.25, 0.3) is 5.56 Å². The lowest BCUT2D eigenvalue weighted by Crippen LogP contribution is -2.34. The molecule has 1 aromatic heterocycles. The molecule has 5 nitrogen and oxygen atoms in total. The second-order valence-corrected chi connectivity index (χ2v) is 9.15. The van der Waals surface area contributed by atoms with Crippen molar-refractivity contribution in [1.82, 2.24) is 15.2 Å². The lowest BCUT2D eigenvalue weighted by molar-refractivity contribution is -0.118. The molecule has 0 unspecified atom stereocenters. The van der Waals surface area contributed by atoms with Crippen molar-refractivity contribution in [2.24, 2.45) is 7.05 Å². The van der Waals surface area contributed by atoms with Crippen LogP contribution in [0.15, 0.2) is 65.6 Å². The fraction of sp³-hybridized carbons (Fsp3) is 0.333. The van der Waals surface area contributed by atoms with Gasteiger partial charge in [0.15, 0.2) is 0 Å². The van der Waals surface area contributed by atoms with E-state index in [0.717, 1.165) is 53.2 Å². The van der Waals surface area contributed by atoms with Gasteiger partial charge >= 0.3 is 0 Å². The third kappa shape index (κ3) is 5.37. The van der Waals surface area contributed by atoms with Gasteiger partial charge in [0, 0.05) is 50.3 Å². The smallest absolute Gasteiger partial charge is 0.250 e. The summed E-state index contributed by atoms with van der Waals surface area (Å²) in [4.78, 5) is 23.5. The van der Waals surface area contributed by atoms with E-state index in [1.807, 2.05) is 24.4 Å². The molecule has 0 radical (unpaired) electrons. The zero-order valence-corrected chi connectivity index (χ0v) is 19.9. The van der Waals surface area contributed by atoms with Crippen molar-refractivity contribution < 1.29 is 4.79 Å². The van der Waals surface area contributed by atoms with Crippen molar-refractivity contribution in [2.75, 3.05) is 19.6 Å². The van der Waals surface area contributed by atoms with Gasteiger partial charge in [-0.25, -0.2) is 0 Å². The molecular formula is C27H30ClN3O2. The highest BCUT2D eigenvalue weighted by atomic mass is 35.5. The van der Waals surface area contributed by atoms with Gasteiger partial charge in [-0.15, -0.1) is 0 Å². The summed E-state index contributed by atoms with van der Waals surface area (Å²) in [5.74, 6) is 0.419. The Hall–Kier alpha value is -2.89. The van der Waals surface area contributed by atoms with Crippen LogP contribution < -0.4 is 16.2 Å². The Kier molecular flexibility index (Phi) is 7.31. The molecule has 0 bridgehead atoms. The van der Waals surface area contributed by atoms with E-state index >= 15 is 0 Å². The molecule has 3 aromatic rings. The second-order valence-electron chi connectivity index (χ2n) is 8.74. The van der Waals surface area contributed by atoms with Crippen LogP contribution in [-0.2, 0) is 18.3 Å². The van der Waals surface area contributed by atoms with Crippen molar-refractivity contribution in [1.29, 1.82) is 0 Å². The molecule has 172 valence electrons. The molecule has 33 heavy (non-hydrogen) atoms. The number of halogens is 1. The number of aromatic nitrogens is 1. The number of aryl methyl sites for hydroxylation is 1. The van der Waals surface area contributed by atoms with E-state index in [1.54, 1.807) is 17.7 Å². The van der Waals surface area contributed by atoms with Crippen LogP contribution in [0.4, 0.5) is 0 Å². The van der Waals surface area contributed by atoms with Crippen molar-refractivity contribution in [3.8, 4) is 11.1 Å². The van der Waals surface area contributed by atoms with E-state index in [0.29, 0.717) is 6.54 Å². The van der Waals surface area contributed by atoms with E-state index in [9.17, 15) is 9.59 Å². The summed E-state index contributed by atoms with van der Waals surface area (Å²) in [5.41, 5.74) is 5.56. The number of amides is 1. The minimum atomic E-state index is -0.0215. The third-order valence-electron chi connectivity index (χ3n) is 6.54. The molecule has 1 saturated heterocycles. The van der Waals surface area contributed by atoms with Crippen LogP contribution >= 0.6 is 11.6 Å². The first-order valence-electron chi connectivity index (χ1n) is 11.4. The number of hydrogen-bond acceptors (Lipinski definition) is 3. The summed E-state index contributed by atoms with van der Waals surface area (Å²) >= 11 is 6.87. The standard InChI is InChI=1S/C27H30ClN3O2/c1-18(32)30-13-9-19-5-3-4-6-22(19)20-7-8-24(26(28)15-20)25-17-29-12-10-23(25)21-11-14-31(2)27(33)16-21/h3-8,11,14-16,23,25,29H,9-10,12-13,17H2,1-2H3,(H,30,32)/t23-,25+/m1/s1. The van der Waals surface area contributed by atoms with Crippen LogP contribution in [0.2, 0.25) is 5.02 Å². The van der Waals surface area contributed by atoms with Crippen LogP contribution in [0, 0.1) is 0 Å². The Morgan fingerprint density at radius 1 is 1.15 bits per heavy atom. The SMILES string of the molecule is CC(=O)NCCc1ccccc1-c1ccc([C@H]2CNCC[C@@H]2c2ccn(C)c(=O)c2)c(Cl)c1. The zero-order chi connectivity index (χ0) is 23.4. The van der Waals surface area contributed by atoms with Crippen LogP contribution in [0.3, 0.4) is 0 Å². The Labute approximate surface area is 199 Å². The quantitative estimate of drug-likeness (QED) is 0.574.